The van der Waals surface area contributed by atoms with Crippen molar-refractivity contribution in [2.45, 2.75) is 27.2 Å². The second-order valence-corrected chi connectivity index (χ2v) is 8.59. The number of hydrogen-bond acceptors (Lipinski definition) is 3. The average molecular weight is 389 g/mol. The van der Waals surface area contributed by atoms with E-state index in [4.69, 9.17) is 0 Å². The maximum absolute atomic E-state index is 15.3. The summed E-state index contributed by atoms with van der Waals surface area (Å²) in [7, 11) is 3.38. The summed E-state index contributed by atoms with van der Waals surface area (Å²) in [5.74, 6) is -0.408. The first-order chi connectivity index (χ1) is 12.7. The molecule has 144 valence electrons. The Morgan fingerprint density at radius 3 is 2.59 bits per heavy atom. The topological polar surface area (TPSA) is 40.6 Å². The number of hydrogen-bond donors (Lipinski definition) is 0. The van der Waals surface area contributed by atoms with Crippen LogP contribution in [0.3, 0.4) is 0 Å². The summed E-state index contributed by atoms with van der Waals surface area (Å²) >= 11 is 1.19. The maximum Gasteiger partial charge on any atom is 0.263 e. The lowest BCUT2D eigenvalue weighted by atomic mass is 9.96. The number of amides is 2. The van der Waals surface area contributed by atoms with Crippen LogP contribution in [0, 0.1) is 18.7 Å². The Kier molecular flexibility index (Phi) is 5.38. The predicted octanol–water partition coefficient (Wildman–Crippen LogP) is 4.32. The molecule has 0 N–H and O–H groups in total. The van der Waals surface area contributed by atoms with E-state index >= 15 is 4.39 Å². The van der Waals surface area contributed by atoms with Gasteiger partial charge in [-0.2, -0.15) is 0 Å². The fourth-order valence-electron chi connectivity index (χ4n) is 3.38. The molecule has 27 heavy (non-hydrogen) atoms. The third-order valence-electron chi connectivity index (χ3n) is 4.87. The molecule has 6 heteroatoms. The SMILES string of the molecule is Cc1cc(C2=CCCN(C(=O)C(C)C)C2)c(F)c2sc(C(=O)N(C)C)cc12. The maximum atomic E-state index is 15.3. The van der Waals surface area contributed by atoms with Gasteiger partial charge in [0.25, 0.3) is 5.91 Å². The largest absolute Gasteiger partial charge is 0.344 e. The molecule has 0 bridgehead atoms. The molecule has 1 aromatic heterocycles. The molecule has 2 aromatic rings. The molecule has 1 aliphatic rings. The van der Waals surface area contributed by atoms with Gasteiger partial charge in [0, 0.05) is 38.7 Å². The monoisotopic (exact) mass is 388 g/mol. The molecule has 2 heterocycles. The number of benzene rings is 1. The first-order valence-electron chi connectivity index (χ1n) is 9.13. The van der Waals surface area contributed by atoms with Gasteiger partial charge in [0.2, 0.25) is 5.91 Å². The van der Waals surface area contributed by atoms with Gasteiger partial charge in [-0.25, -0.2) is 4.39 Å². The summed E-state index contributed by atoms with van der Waals surface area (Å²) in [5, 5.41) is 0.776. The Morgan fingerprint density at radius 2 is 1.96 bits per heavy atom. The minimum atomic E-state index is -0.302. The molecule has 1 aliphatic heterocycles. The molecule has 0 fully saturated rings. The standard InChI is InChI=1S/C21H25FN2O2S/c1-12(2)20(25)24-8-6-7-14(11-24)16-9-13(3)15-10-17(21(26)23(4)5)27-19(15)18(16)22/h7,9-10,12H,6,8,11H2,1-5H3. The van der Waals surface area contributed by atoms with Crippen LogP contribution in [0.15, 0.2) is 18.2 Å². The molecule has 0 unspecified atom stereocenters. The van der Waals surface area contributed by atoms with Crippen molar-refractivity contribution in [2.75, 3.05) is 27.2 Å². The number of rotatable bonds is 3. The molecular weight excluding hydrogens is 363 g/mol. The number of carbonyl (C=O) groups is 2. The summed E-state index contributed by atoms with van der Waals surface area (Å²) < 4.78 is 15.8. The zero-order chi connectivity index (χ0) is 19.9. The number of nitrogens with zero attached hydrogens (tertiary/aromatic N) is 2. The second kappa shape index (κ2) is 7.43. The molecule has 3 rings (SSSR count). The van der Waals surface area contributed by atoms with Crippen LogP contribution >= 0.6 is 11.3 Å². The third kappa shape index (κ3) is 3.63. The molecule has 0 saturated carbocycles. The van der Waals surface area contributed by atoms with Crippen LogP contribution in [-0.4, -0.2) is 48.8 Å². The summed E-state index contributed by atoms with van der Waals surface area (Å²) in [6.45, 7) is 6.79. The van der Waals surface area contributed by atoms with Crippen LogP contribution < -0.4 is 0 Å². The number of halogens is 1. The smallest absolute Gasteiger partial charge is 0.263 e. The van der Waals surface area contributed by atoms with Crippen molar-refractivity contribution in [1.29, 1.82) is 0 Å². The normalized spacial score (nSPS) is 14.6. The Bertz CT molecular complexity index is 943. The highest BCUT2D eigenvalue weighted by Crippen LogP contribution is 2.36. The van der Waals surface area contributed by atoms with E-state index in [1.807, 2.05) is 32.9 Å². The molecule has 0 atom stereocenters. The Morgan fingerprint density at radius 1 is 1.26 bits per heavy atom. The number of thiophene rings is 1. The van der Waals surface area contributed by atoms with Gasteiger partial charge in [-0.05, 0) is 42.0 Å². The number of fused-ring (bicyclic) bond motifs is 1. The highest BCUT2D eigenvalue weighted by Gasteiger charge is 2.24. The predicted molar refractivity (Wildman–Crippen MR) is 109 cm³/mol. The average Bonchev–Trinajstić information content (AvgIpc) is 3.09. The van der Waals surface area contributed by atoms with E-state index in [1.54, 1.807) is 25.1 Å². The fourth-order valence-corrected chi connectivity index (χ4v) is 4.57. The highest BCUT2D eigenvalue weighted by atomic mass is 32.1. The van der Waals surface area contributed by atoms with E-state index in [0.29, 0.717) is 28.2 Å². The van der Waals surface area contributed by atoms with Gasteiger partial charge in [0.1, 0.15) is 5.82 Å². The van der Waals surface area contributed by atoms with E-state index < -0.39 is 0 Å². The molecule has 0 aliphatic carbocycles. The van der Waals surface area contributed by atoms with Crippen molar-refractivity contribution in [3.63, 3.8) is 0 Å². The molecule has 0 spiro atoms. The van der Waals surface area contributed by atoms with Gasteiger partial charge >= 0.3 is 0 Å². The third-order valence-corrected chi connectivity index (χ3v) is 5.99. The van der Waals surface area contributed by atoms with Crippen LogP contribution in [0.25, 0.3) is 15.7 Å². The van der Waals surface area contributed by atoms with Crippen LogP contribution in [0.1, 0.15) is 41.1 Å². The quantitative estimate of drug-likeness (QED) is 0.786. The van der Waals surface area contributed by atoms with Crippen LogP contribution in [0.2, 0.25) is 0 Å². The van der Waals surface area contributed by atoms with Crippen molar-refractivity contribution in [3.05, 3.63) is 40.0 Å². The van der Waals surface area contributed by atoms with Crippen molar-refractivity contribution in [2.24, 2.45) is 5.92 Å². The summed E-state index contributed by atoms with van der Waals surface area (Å²) in [5.41, 5.74) is 2.31. The van der Waals surface area contributed by atoms with E-state index in [9.17, 15) is 9.59 Å². The van der Waals surface area contributed by atoms with E-state index in [1.165, 1.54) is 16.2 Å². The van der Waals surface area contributed by atoms with Gasteiger partial charge in [-0.1, -0.05) is 19.9 Å². The summed E-state index contributed by atoms with van der Waals surface area (Å²) in [6.07, 6.45) is 2.74. The van der Waals surface area contributed by atoms with Crippen molar-refractivity contribution < 1.29 is 14.0 Å². The first kappa shape index (κ1) is 19.5. The molecule has 4 nitrogen and oxygen atoms in total. The molecule has 0 radical (unpaired) electrons. The fraction of sp³-hybridized carbons (Fsp3) is 0.429. The lowest BCUT2D eigenvalue weighted by molar-refractivity contribution is -0.133. The van der Waals surface area contributed by atoms with Crippen molar-refractivity contribution >= 4 is 38.8 Å². The van der Waals surface area contributed by atoms with E-state index in [0.717, 1.165) is 22.9 Å². The summed E-state index contributed by atoms with van der Waals surface area (Å²) in [6, 6.07) is 3.61. The van der Waals surface area contributed by atoms with Gasteiger partial charge in [0.05, 0.1) is 9.58 Å². The Balaban J connectivity index is 2.03. The van der Waals surface area contributed by atoms with Crippen LogP contribution in [-0.2, 0) is 4.79 Å². The number of carbonyl (C=O) groups excluding carboxylic acids is 2. The minimum Gasteiger partial charge on any atom is -0.344 e. The van der Waals surface area contributed by atoms with Gasteiger partial charge in [-0.15, -0.1) is 11.3 Å². The zero-order valence-corrected chi connectivity index (χ0v) is 17.2. The highest BCUT2D eigenvalue weighted by molar-refractivity contribution is 7.20. The minimum absolute atomic E-state index is 0.0738. The van der Waals surface area contributed by atoms with Gasteiger partial charge in [-0.3, -0.25) is 9.59 Å². The Hall–Kier alpha value is -2.21. The van der Waals surface area contributed by atoms with E-state index in [2.05, 4.69) is 0 Å². The molecule has 2 amide bonds. The van der Waals surface area contributed by atoms with Crippen molar-refractivity contribution in [1.82, 2.24) is 9.80 Å². The van der Waals surface area contributed by atoms with Crippen molar-refractivity contribution in [3.8, 4) is 0 Å². The first-order valence-corrected chi connectivity index (χ1v) is 9.94. The van der Waals surface area contributed by atoms with Crippen LogP contribution in [0.4, 0.5) is 4.39 Å². The van der Waals surface area contributed by atoms with Gasteiger partial charge < -0.3 is 9.80 Å². The lowest BCUT2D eigenvalue weighted by Gasteiger charge is -2.29. The molecule has 0 saturated heterocycles. The summed E-state index contributed by atoms with van der Waals surface area (Å²) in [4.78, 5) is 28.4. The second-order valence-electron chi connectivity index (χ2n) is 7.54. The molecule has 1 aromatic carbocycles. The number of aryl methyl sites for hydroxylation is 1. The lowest BCUT2D eigenvalue weighted by Crippen LogP contribution is -2.38. The Labute approximate surface area is 163 Å². The van der Waals surface area contributed by atoms with Crippen LogP contribution in [0.5, 0.6) is 0 Å². The zero-order valence-electron chi connectivity index (χ0n) is 16.4. The van der Waals surface area contributed by atoms with E-state index in [-0.39, 0.29) is 23.5 Å². The van der Waals surface area contributed by atoms with Gasteiger partial charge in [0.15, 0.2) is 0 Å². The molecular formula is C21H25FN2O2S.